The largest absolute Gasteiger partial charge is 0.301 e. The molecule has 0 aliphatic rings. The van der Waals surface area contributed by atoms with Gasteiger partial charge in [-0.3, -0.25) is 4.79 Å². The number of aromatic nitrogens is 2. The molecule has 0 fully saturated rings. The van der Waals surface area contributed by atoms with Crippen LogP contribution in [0.4, 0.5) is 5.13 Å². The summed E-state index contributed by atoms with van der Waals surface area (Å²) in [6.07, 6.45) is 2.40. The molecule has 0 aliphatic carbocycles. The summed E-state index contributed by atoms with van der Waals surface area (Å²) in [5.74, 6) is 0.180. The first-order chi connectivity index (χ1) is 9.69. The molecule has 5 heteroatoms. The highest BCUT2D eigenvalue weighted by molar-refractivity contribution is 7.15. The van der Waals surface area contributed by atoms with Gasteiger partial charge in [0.25, 0.3) is 0 Å². The predicted molar refractivity (Wildman–Crippen MR) is 82.0 cm³/mol. The van der Waals surface area contributed by atoms with Gasteiger partial charge in [-0.25, -0.2) is 0 Å². The second-order valence-corrected chi connectivity index (χ2v) is 5.88. The Morgan fingerprint density at radius 1 is 1.30 bits per heavy atom. The minimum absolute atomic E-state index is 0.0134. The van der Waals surface area contributed by atoms with Crippen LogP contribution in [0.2, 0.25) is 0 Å². The van der Waals surface area contributed by atoms with Crippen molar-refractivity contribution in [3.8, 4) is 0 Å². The highest BCUT2D eigenvalue weighted by Crippen LogP contribution is 2.21. The maximum absolute atomic E-state index is 12.0. The van der Waals surface area contributed by atoms with E-state index in [0.717, 1.165) is 17.8 Å². The van der Waals surface area contributed by atoms with Crippen molar-refractivity contribution in [1.29, 1.82) is 0 Å². The van der Waals surface area contributed by atoms with Gasteiger partial charge >= 0.3 is 0 Å². The number of benzene rings is 1. The fourth-order valence-corrected chi connectivity index (χ4v) is 2.82. The number of hydrogen-bond acceptors (Lipinski definition) is 4. The zero-order chi connectivity index (χ0) is 14.4. The van der Waals surface area contributed by atoms with Crippen LogP contribution in [0, 0.1) is 0 Å². The Bertz CT molecular complexity index is 553. The normalized spacial score (nSPS) is 12.1. The van der Waals surface area contributed by atoms with Gasteiger partial charge in [-0.1, -0.05) is 55.5 Å². The topological polar surface area (TPSA) is 54.9 Å². The molecule has 1 N–H and O–H groups in total. The highest BCUT2D eigenvalue weighted by atomic mass is 32.1. The summed E-state index contributed by atoms with van der Waals surface area (Å²) >= 11 is 1.45. The zero-order valence-corrected chi connectivity index (χ0v) is 12.6. The molecule has 0 aliphatic heterocycles. The van der Waals surface area contributed by atoms with Crippen molar-refractivity contribution in [2.75, 3.05) is 5.32 Å². The van der Waals surface area contributed by atoms with Gasteiger partial charge in [-0.15, -0.1) is 10.2 Å². The lowest BCUT2D eigenvalue weighted by Crippen LogP contribution is -2.14. The molecule has 4 nitrogen and oxygen atoms in total. The van der Waals surface area contributed by atoms with Gasteiger partial charge in [0, 0.05) is 12.8 Å². The predicted octanol–water partition coefficient (Wildman–Crippen LogP) is 3.62. The summed E-state index contributed by atoms with van der Waals surface area (Å²) < 4.78 is 0. The Kier molecular flexibility index (Phi) is 5.24. The standard InChI is InChI=1S/C15H19N3OS/c1-3-7-14-17-18-15(20-14)16-13(19)10-11(2)12-8-5-4-6-9-12/h4-6,8-9,11H,3,7,10H2,1-2H3,(H,16,18,19)/t11-/m0/s1. The average Bonchev–Trinajstić information content (AvgIpc) is 2.87. The summed E-state index contributed by atoms with van der Waals surface area (Å²) in [6, 6.07) is 10.0. The van der Waals surface area contributed by atoms with Gasteiger partial charge in [-0.2, -0.15) is 0 Å². The van der Waals surface area contributed by atoms with Crippen LogP contribution >= 0.6 is 11.3 Å². The van der Waals surface area contributed by atoms with Crippen LogP contribution in [-0.4, -0.2) is 16.1 Å². The molecule has 2 aromatic rings. The fourth-order valence-electron chi connectivity index (χ4n) is 1.97. The van der Waals surface area contributed by atoms with Crippen LogP contribution < -0.4 is 5.32 Å². The Labute approximate surface area is 123 Å². The molecule has 1 aromatic carbocycles. The first-order valence-electron chi connectivity index (χ1n) is 6.86. The molecule has 0 saturated heterocycles. The van der Waals surface area contributed by atoms with Crippen LogP contribution in [-0.2, 0) is 11.2 Å². The van der Waals surface area contributed by atoms with E-state index < -0.39 is 0 Å². The molecule has 1 aromatic heterocycles. The van der Waals surface area contributed by atoms with E-state index in [0.29, 0.717) is 11.6 Å². The molecule has 0 bridgehead atoms. The number of rotatable bonds is 6. The van der Waals surface area contributed by atoms with E-state index in [2.05, 4.69) is 29.4 Å². The van der Waals surface area contributed by atoms with Crippen molar-refractivity contribution < 1.29 is 4.79 Å². The number of carbonyl (C=O) groups is 1. The molecule has 0 saturated carbocycles. The third-order valence-electron chi connectivity index (χ3n) is 3.04. The van der Waals surface area contributed by atoms with Crippen molar-refractivity contribution >= 4 is 22.4 Å². The van der Waals surface area contributed by atoms with Gasteiger partial charge in [0.05, 0.1) is 0 Å². The second-order valence-electron chi connectivity index (χ2n) is 4.81. The van der Waals surface area contributed by atoms with E-state index in [1.807, 2.05) is 30.3 Å². The second kappa shape index (κ2) is 7.14. The smallest absolute Gasteiger partial charge is 0.226 e. The first-order valence-corrected chi connectivity index (χ1v) is 7.68. The van der Waals surface area contributed by atoms with E-state index in [1.54, 1.807) is 0 Å². The summed E-state index contributed by atoms with van der Waals surface area (Å²) in [5.41, 5.74) is 1.17. The third-order valence-corrected chi connectivity index (χ3v) is 3.94. The Morgan fingerprint density at radius 2 is 2.05 bits per heavy atom. The van der Waals surface area contributed by atoms with Crippen molar-refractivity contribution in [1.82, 2.24) is 10.2 Å². The lowest BCUT2D eigenvalue weighted by Gasteiger charge is -2.10. The third kappa shape index (κ3) is 4.13. The molecule has 1 amide bonds. The van der Waals surface area contributed by atoms with Crippen molar-refractivity contribution in [3.63, 3.8) is 0 Å². The number of nitrogens with one attached hydrogen (secondary N) is 1. The van der Waals surface area contributed by atoms with E-state index in [1.165, 1.54) is 16.9 Å². The molecule has 2 rings (SSSR count). The van der Waals surface area contributed by atoms with Crippen LogP contribution in [0.5, 0.6) is 0 Å². The first kappa shape index (κ1) is 14.7. The van der Waals surface area contributed by atoms with Gasteiger partial charge < -0.3 is 5.32 Å². The fraction of sp³-hybridized carbons (Fsp3) is 0.400. The molecule has 0 radical (unpaired) electrons. The van der Waals surface area contributed by atoms with E-state index in [4.69, 9.17) is 0 Å². The summed E-state index contributed by atoms with van der Waals surface area (Å²) in [7, 11) is 0. The van der Waals surface area contributed by atoms with Crippen molar-refractivity contribution in [2.24, 2.45) is 0 Å². The molecule has 0 unspecified atom stereocenters. The van der Waals surface area contributed by atoms with E-state index >= 15 is 0 Å². The molecule has 1 heterocycles. The van der Waals surface area contributed by atoms with Crippen molar-refractivity contribution in [3.05, 3.63) is 40.9 Å². The van der Waals surface area contributed by atoms with E-state index in [9.17, 15) is 4.79 Å². The molecular formula is C15H19N3OS. The summed E-state index contributed by atoms with van der Waals surface area (Å²) in [6.45, 7) is 4.15. The lowest BCUT2D eigenvalue weighted by atomic mass is 9.98. The van der Waals surface area contributed by atoms with Crippen LogP contribution in [0.3, 0.4) is 0 Å². The molecule has 0 spiro atoms. The minimum Gasteiger partial charge on any atom is -0.301 e. The Hall–Kier alpha value is -1.75. The monoisotopic (exact) mass is 289 g/mol. The Morgan fingerprint density at radius 3 is 2.75 bits per heavy atom. The number of nitrogens with zero attached hydrogens (tertiary/aromatic N) is 2. The zero-order valence-electron chi connectivity index (χ0n) is 11.8. The van der Waals surface area contributed by atoms with Gasteiger partial charge in [0.1, 0.15) is 5.01 Å². The maximum Gasteiger partial charge on any atom is 0.226 e. The summed E-state index contributed by atoms with van der Waals surface area (Å²) in [5, 5.41) is 12.4. The SMILES string of the molecule is CCCc1nnc(NC(=O)C[C@H](C)c2ccccc2)s1. The number of carbonyl (C=O) groups excluding carboxylic acids is 1. The van der Waals surface area contributed by atoms with E-state index in [-0.39, 0.29) is 11.8 Å². The van der Waals surface area contributed by atoms with Crippen LogP contribution in [0.15, 0.2) is 30.3 Å². The highest BCUT2D eigenvalue weighted by Gasteiger charge is 2.13. The molecule has 106 valence electrons. The average molecular weight is 289 g/mol. The van der Waals surface area contributed by atoms with Crippen LogP contribution in [0.25, 0.3) is 0 Å². The number of anilines is 1. The van der Waals surface area contributed by atoms with Gasteiger partial charge in [-0.05, 0) is 17.9 Å². The quantitative estimate of drug-likeness (QED) is 0.883. The lowest BCUT2D eigenvalue weighted by molar-refractivity contribution is -0.116. The van der Waals surface area contributed by atoms with Gasteiger partial charge in [0.15, 0.2) is 0 Å². The molecule has 20 heavy (non-hydrogen) atoms. The minimum atomic E-state index is -0.0134. The maximum atomic E-state index is 12.0. The Balaban J connectivity index is 1.88. The number of aryl methyl sites for hydroxylation is 1. The number of amides is 1. The van der Waals surface area contributed by atoms with Crippen molar-refractivity contribution in [2.45, 2.75) is 39.0 Å². The number of hydrogen-bond donors (Lipinski definition) is 1. The molecule has 1 atom stereocenters. The molecular weight excluding hydrogens is 270 g/mol. The van der Waals surface area contributed by atoms with Crippen LogP contribution in [0.1, 0.15) is 43.2 Å². The van der Waals surface area contributed by atoms with Gasteiger partial charge in [0.2, 0.25) is 11.0 Å². The summed E-state index contributed by atoms with van der Waals surface area (Å²) in [4.78, 5) is 12.0.